The fourth-order valence-corrected chi connectivity index (χ4v) is 1.66. The minimum Gasteiger partial charge on any atom is -0.362 e. The second-order valence-corrected chi connectivity index (χ2v) is 3.70. The summed E-state index contributed by atoms with van der Waals surface area (Å²) in [6.07, 6.45) is 2.19. The minimum atomic E-state index is 0.585. The van der Waals surface area contributed by atoms with Gasteiger partial charge in [-0.15, -0.1) is 0 Å². The molecule has 1 N–H and O–H groups in total. The molecule has 0 atom stereocenters. The van der Waals surface area contributed by atoms with Crippen molar-refractivity contribution in [2.75, 3.05) is 18.7 Å². The van der Waals surface area contributed by atoms with Crippen LogP contribution in [0.1, 0.15) is 18.1 Å². The van der Waals surface area contributed by atoms with Crippen LogP contribution in [0.5, 0.6) is 0 Å². The second-order valence-electron chi connectivity index (χ2n) is 3.70. The van der Waals surface area contributed by atoms with Crippen LogP contribution in [0.2, 0.25) is 0 Å². The van der Waals surface area contributed by atoms with Crippen LogP contribution in [0.3, 0.4) is 0 Å². The smallest absolute Gasteiger partial charge is 0.116 e. The lowest BCUT2D eigenvalue weighted by atomic mass is 10.0. The van der Waals surface area contributed by atoms with Gasteiger partial charge >= 0.3 is 0 Å². The van der Waals surface area contributed by atoms with E-state index in [0.717, 1.165) is 5.69 Å². The van der Waals surface area contributed by atoms with E-state index in [4.69, 9.17) is 4.74 Å². The van der Waals surface area contributed by atoms with Gasteiger partial charge in [-0.3, -0.25) is 0 Å². The zero-order valence-corrected chi connectivity index (χ0v) is 8.63. The molecule has 2 nitrogen and oxygen atoms in total. The normalized spacial score (nSPS) is 19.7. The van der Waals surface area contributed by atoms with Gasteiger partial charge in [0.2, 0.25) is 0 Å². The predicted octanol–water partition coefficient (Wildman–Crippen LogP) is 2.80. The van der Waals surface area contributed by atoms with Crippen LogP contribution in [0.15, 0.2) is 23.8 Å². The number of aryl methyl sites for hydroxylation is 1. The summed E-state index contributed by atoms with van der Waals surface area (Å²) in [6.45, 7) is 5.52. The third-order valence-corrected chi connectivity index (χ3v) is 2.41. The molecule has 0 spiro atoms. The molecule has 0 fully saturated rings. The molecular weight excluding hydrogens is 174 g/mol. The summed E-state index contributed by atoms with van der Waals surface area (Å²) in [6, 6.07) is 6.28. The fraction of sp³-hybridized carbons (Fsp3) is 0.333. The van der Waals surface area contributed by atoms with Crippen LogP contribution in [-0.2, 0) is 4.74 Å². The molecule has 0 unspecified atom stereocenters. The van der Waals surface area contributed by atoms with Crippen molar-refractivity contribution in [2.45, 2.75) is 13.8 Å². The van der Waals surface area contributed by atoms with E-state index in [1.807, 2.05) is 0 Å². The predicted molar refractivity (Wildman–Crippen MR) is 59.3 cm³/mol. The van der Waals surface area contributed by atoms with Gasteiger partial charge in [0.25, 0.3) is 0 Å². The SMILES string of the molecule is C/C1=C/c2c(C)cccc2NCOC1. The maximum atomic E-state index is 5.40. The average molecular weight is 189 g/mol. The first kappa shape index (κ1) is 9.28. The molecule has 1 aliphatic rings. The van der Waals surface area contributed by atoms with Gasteiger partial charge in [0.05, 0.1) is 6.61 Å². The Bertz CT molecular complexity index is 369. The summed E-state index contributed by atoms with van der Waals surface area (Å²) < 4.78 is 5.40. The molecule has 2 heteroatoms. The number of hydrogen-bond donors (Lipinski definition) is 1. The number of ether oxygens (including phenoxy) is 1. The van der Waals surface area contributed by atoms with E-state index in [2.05, 4.69) is 43.4 Å². The summed E-state index contributed by atoms with van der Waals surface area (Å²) in [5.41, 5.74) is 5.01. The zero-order chi connectivity index (χ0) is 9.97. The van der Waals surface area contributed by atoms with Crippen molar-refractivity contribution in [3.8, 4) is 0 Å². The van der Waals surface area contributed by atoms with E-state index in [1.165, 1.54) is 16.7 Å². The van der Waals surface area contributed by atoms with Crippen LogP contribution < -0.4 is 5.32 Å². The Balaban J connectivity index is 2.50. The van der Waals surface area contributed by atoms with Crippen LogP contribution >= 0.6 is 0 Å². The Morgan fingerprint density at radius 3 is 3.00 bits per heavy atom. The molecule has 14 heavy (non-hydrogen) atoms. The highest BCUT2D eigenvalue weighted by atomic mass is 16.5. The molecule has 1 aromatic carbocycles. The maximum Gasteiger partial charge on any atom is 0.116 e. The number of nitrogens with one attached hydrogen (secondary N) is 1. The number of rotatable bonds is 0. The monoisotopic (exact) mass is 189 g/mol. The van der Waals surface area contributed by atoms with E-state index < -0.39 is 0 Å². The molecule has 0 aliphatic carbocycles. The van der Waals surface area contributed by atoms with E-state index in [9.17, 15) is 0 Å². The highest BCUT2D eigenvalue weighted by Crippen LogP contribution is 2.23. The minimum absolute atomic E-state index is 0.585. The molecule has 0 aromatic heterocycles. The third-order valence-electron chi connectivity index (χ3n) is 2.41. The van der Waals surface area contributed by atoms with Gasteiger partial charge in [-0.2, -0.15) is 0 Å². The first-order valence-corrected chi connectivity index (χ1v) is 4.86. The Morgan fingerprint density at radius 1 is 1.29 bits per heavy atom. The zero-order valence-electron chi connectivity index (χ0n) is 8.63. The Hall–Kier alpha value is -1.28. The van der Waals surface area contributed by atoms with Gasteiger partial charge in [0.15, 0.2) is 0 Å². The lowest BCUT2D eigenvalue weighted by Crippen LogP contribution is -2.11. The molecular formula is C12H15NO. The van der Waals surface area contributed by atoms with Crippen LogP contribution in [0, 0.1) is 6.92 Å². The molecule has 1 aromatic rings. The molecule has 1 heterocycles. The highest BCUT2D eigenvalue weighted by Gasteiger charge is 2.05. The molecule has 0 amide bonds. The van der Waals surface area contributed by atoms with Crippen molar-refractivity contribution in [3.63, 3.8) is 0 Å². The van der Waals surface area contributed by atoms with E-state index in [-0.39, 0.29) is 0 Å². The van der Waals surface area contributed by atoms with Gasteiger partial charge in [-0.05, 0) is 31.1 Å². The highest BCUT2D eigenvalue weighted by molar-refractivity contribution is 5.71. The second kappa shape index (κ2) is 3.84. The van der Waals surface area contributed by atoms with Crippen molar-refractivity contribution in [1.82, 2.24) is 0 Å². The molecule has 1 aliphatic heterocycles. The van der Waals surface area contributed by atoms with Crippen LogP contribution in [-0.4, -0.2) is 13.3 Å². The molecule has 0 radical (unpaired) electrons. The van der Waals surface area contributed by atoms with E-state index in [1.54, 1.807) is 0 Å². The lowest BCUT2D eigenvalue weighted by Gasteiger charge is -2.16. The Labute approximate surface area is 84.6 Å². The van der Waals surface area contributed by atoms with Crippen molar-refractivity contribution in [2.24, 2.45) is 0 Å². The first-order valence-electron chi connectivity index (χ1n) is 4.86. The molecule has 0 bridgehead atoms. The third kappa shape index (κ3) is 1.80. The molecule has 2 rings (SSSR count). The summed E-state index contributed by atoms with van der Waals surface area (Å²) in [4.78, 5) is 0. The molecule has 0 saturated heterocycles. The van der Waals surface area contributed by atoms with Gasteiger partial charge in [0.1, 0.15) is 6.73 Å². The standard InChI is InChI=1S/C12H15NO/c1-9-6-11-10(2)4-3-5-12(11)13-8-14-7-9/h3-6,13H,7-8H2,1-2H3/b9-6-. The topological polar surface area (TPSA) is 21.3 Å². The first-order chi connectivity index (χ1) is 6.77. The summed E-state index contributed by atoms with van der Waals surface area (Å²) in [5, 5.41) is 3.26. The lowest BCUT2D eigenvalue weighted by molar-refractivity contribution is 0.176. The number of fused-ring (bicyclic) bond motifs is 1. The van der Waals surface area contributed by atoms with Crippen LogP contribution in [0.4, 0.5) is 5.69 Å². The maximum absolute atomic E-state index is 5.40. The fourth-order valence-electron chi connectivity index (χ4n) is 1.66. The van der Waals surface area contributed by atoms with Gasteiger partial charge in [-0.1, -0.05) is 18.2 Å². The average Bonchev–Trinajstić information content (AvgIpc) is 2.14. The quantitative estimate of drug-likeness (QED) is 0.677. The van der Waals surface area contributed by atoms with Crippen molar-refractivity contribution in [3.05, 3.63) is 34.9 Å². The van der Waals surface area contributed by atoms with Gasteiger partial charge < -0.3 is 10.1 Å². The summed E-state index contributed by atoms with van der Waals surface area (Å²) in [5.74, 6) is 0. The number of hydrogen-bond acceptors (Lipinski definition) is 2. The van der Waals surface area contributed by atoms with Crippen molar-refractivity contribution >= 4 is 11.8 Å². The van der Waals surface area contributed by atoms with Crippen molar-refractivity contribution < 1.29 is 4.74 Å². The van der Waals surface area contributed by atoms with Gasteiger partial charge in [-0.25, -0.2) is 0 Å². The molecule has 0 saturated carbocycles. The Kier molecular flexibility index (Phi) is 2.55. The summed E-state index contributed by atoms with van der Waals surface area (Å²) >= 11 is 0. The van der Waals surface area contributed by atoms with Crippen molar-refractivity contribution in [1.29, 1.82) is 0 Å². The molecule has 74 valence electrons. The number of benzene rings is 1. The van der Waals surface area contributed by atoms with Crippen LogP contribution in [0.25, 0.3) is 6.08 Å². The largest absolute Gasteiger partial charge is 0.362 e. The van der Waals surface area contributed by atoms with Gasteiger partial charge in [0, 0.05) is 11.3 Å². The van der Waals surface area contributed by atoms with E-state index in [0.29, 0.717) is 13.3 Å². The Morgan fingerprint density at radius 2 is 2.14 bits per heavy atom. The number of anilines is 1. The van der Waals surface area contributed by atoms with E-state index >= 15 is 0 Å². The summed E-state index contributed by atoms with van der Waals surface area (Å²) in [7, 11) is 0.